The van der Waals surface area contributed by atoms with Gasteiger partial charge in [-0.1, -0.05) is 0 Å². The Morgan fingerprint density at radius 2 is 1.81 bits per heavy atom. The van der Waals surface area contributed by atoms with Crippen LogP contribution in [0.3, 0.4) is 0 Å². The van der Waals surface area contributed by atoms with Gasteiger partial charge in [-0.3, -0.25) is 19.6 Å². The van der Waals surface area contributed by atoms with Gasteiger partial charge in [-0.15, -0.1) is 0 Å². The van der Waals surface area contributed by atoms with E-state index >= 15 is 0 Å². The fourth-order valence-corrected chi connectivity index (χ4v) is 1.76. The minimum absolute atomic E-state index is 0.212. The van der Waals surface area contributed by atoms with E-state index in [1.165, 1.54) is 4.90 Å². The van der Waals surface area contributed by atoms with Crippen LogP contribution in [0.2, 0.25) is 0 Å². The lowest BCUT2D eigenvalue weighted by Gasteiger charge is -2.21. The van der Waals surface area contributed by atoms with Gasteiger partial charge in [0.25, 0.3) is 11.8 Å². The number of nitrogens with zero attached hydrogens (tertiary/aromatic N) is 2. The zero-order chi connectivity index (χ0) is 11.9. The molecule has 1 unspecified atom stereocenters. The summed E-state index contributed by atoms with van der Waals surface area (Å²) in [5.74, 6) is -0.424. The molecule has 0 radical (unpaired) electrons. The molecule has 16 heavy (non-hydrogen) atoms. The fourth-order valence-electron chi connectivity index (χ4n) is 1.76. The Morgan fingerprint density at radius 1 is 1.25 bits per heavy atom. The summed E-state index contributed by atoms with van der Waals surface area (Å²) < 4.78 is 0. The number of aromatic amines is 1. The van der Waals surface area contributed by atoms with Gasteiger partial charge in [-0.25, -0.2) is 0 Å². The second kappa shape index (κ2) is 3.59. The van der Waals surface area contributed by atoms with Gasteiger partial charge in [0.15, 0.2) is 0 Å². The van der Waals surface area contributed by atoms with E-state index in [0.29, 0.717) is 11.1 Å². The van der Waals surface area contributed by atoms with Crippen molar-refractivity contribution in [3.05, 3.63) is 29.1 Å². The smallest absolute Gasteiger partial charge is 0.257 e. The first-order valence-corrected chi connectivity index (χ1v) is 5.08. The van der Waals surface area contributed by atoms with Gasteiger partial charge in [-0.05, 0) is 20.8 Å². The summed E-state index contributed by atoms with van der Waals surface area (Å²) in [5, 5.41) is 6.49. The monoisotopic (exact) mass is 219 g/mol. The highest BCUT2D eigenvalue weighted by atomic mass is 16.2. The molecule has 1 atom stereocenters. The molecule has 0 aromatic carbocycles. The van der Waals surface area contributed by atoms with Crippen molar-refractivity contribution in [2.75, 3.05) is 0 Å². The van der Waals surface area contributed by atoms with Crippen molar-refractivity contribution in [1.82, 2.24) is 15.1 Å². The Balaban J connectivity index is 2.32. The molecule has 1 aliphatic heterocycles. The molecular weight excluding hydrogens is 206 g/mol. The molecule has 2 heterocycles. The molecule has 2 rings (SSSR count). The molecule has 0 fully saturated rings. The van der Waals surface area contributed by atoms with E-state index in [4.69, 9.17) is 0 Å². The zero-order valence-electron chi connectivity index (χ0n) is 9.44. The van der Waals surface area contributed by atoms with E-state index in [1.807, 2.05) is 6.92 Å². The number of hydrogen-bond donors (Lipinski definition) is 1. The van der Waals surface area contributed by atoms with E-state index in [0.717, 1.165) is 5.56 Å². The summed E-state index contributed by atoms with van der Waals surface area (Å²) in [7, 11) is 0. The number of imide groups is 1. The third kappa shape index (κ3) is 1.36. The zero-order valence-corrected chi connectivity index (χ0v) is 9.44. The normalized spacial score (nSPS) is 18.6. The standard InChI is InChI=1S/C11H13N3O2/c1-6-7(2)11(16)14(10(6)15)8(3)9-4-12-13-5-9/h4-5,8H,1-3H3,(H,12,13). The molecule has 1 aromatic rings. The number of aromatic nitrogens is 2. The highest BCUT2D eigenvalue weighted by Gasteiger charge is 2.37. The maximum absolute atomic E-state index is 11.9. The lowest BCUT2D eigenvalue weighted by atomic mass is 10.1. The van der Waals surface area contributed by atoms with Gasteiger partial charge >= 0.3 is 0 Å². The van der Waals surface area contributed by atoms with Crippen LogP contribution in [-0.2, 0) is 9.59 Å². The third-order valence-corrected chi connectivity index (χ3v) is 3.03. The number of H-pyrrole nitrogens is 1. The molecule has 0 aliphatic carbocycles. The predicted octanol–water partition coefficient (Wildman–Crippen LogP) is 1.18. The van der Waals surface area contributed by atoms with Crippen LogP contribution >= 0.6 is 0 Å². The minimum atomic E-state index is -0.286. The van der Waals surface area contributed by atoms with Gasteiger partial charge in [-0.2, -0.15) is 5.10 Å². The van der Waals surface area contributed by atoms with Crippen molar-refractivity contribution in [3.8, 4) is 0 Å². The first-order valence-electron chi connectivity index (χ1n) is 5.08. The van der Waals surface area contributed by atoms with Gasteiger partial charge in [0.1, 0.15) is 0 Å². The lowest BCUT2D eigenvalue weighted by Crippen LogP contribution is -2.33. The summed E-state index contributed by atoms with van der Waals surface area (Å²) >= 11 is 0. The number of amides is 2. The third-order valence-electron chi connectivity index (χ3n) is 3.03. The number of carbonyl (C=O) groups excluding carboxylic acids is 2. The van der Waals surface area contributed by atoms with Crippen LogP contribution in [-0.4, -0.2) is 26.9 Å². The van der Waals surface area contributed by atoms with Gasteiger partial charge < -0.3 is 0 Å². The summed E-state index contributed by atoms with van der Waals surface area (Å²) in [5.41, 5.74) is 1.88. The van der Waals surface area contributed by atoms with Gasteiger partial charge in [0, 0.05) is 22.9 Å². The van der Waals surface area contributed by atoms with Crippen LogP contribution in [0.1, 0.15) is 32.4 Å². The Labute approximate surface area is 93.1 Å². The van der Waals surface area contributed by atoms with Crippen LogP contribution in [0.25, 0.3) is 0 Å². The highest BCUT2D eigenvalue weighted by molar-refractivity contribution is 6.18. The molecular formula is C11H13N3O2. The lowest BCUT2D eigenvalue weighted by molar-refractivity contribution is -0.140. The summed E-state index contributed by atoms with van der Waals surface area (Å²) in [6.07, 6.45) is 3.31. The molecule has 0 spiro atoms. The SMILES string of the molecule is CC1=C(C)C(=O)N(C(C)c2cn[nH]c2)C1=O. The average molecular weight is 219 g/mol. The van der Waals surface area contributed by atoms with Crippen LogP contribution in [0, 0.1) is 0 Å². The van der Waals surface area contributed by atoms with Crippen LogP contribution < -0.4 is 0 Å². The van der Waals surface area contributed by atoms with E-state index in [-0.39, 0.29) is 17.9 Å². The largest absolute Gasteiger partial charge is 0.285 e. The second-order valence-corrected chi connectivity index (χ2v) is 3.94. The van der Waals surface area contributed by atoms with Gasteiger partial charge in [0.05, 0.1) is 12.2 Å². The Morgan fingerprint density at radius 3 is 2.25 bits per heavy atom. The fraction of sp³-hybridized carbons (Fsp3) is 0.364. The molecule has 2 amide bonds. The number of rotatable bonds is 2. The quantitative estimate of drug-likeness (QED) is 0.759. The summed E-state index contributed by atoms with van der Waals surface area (Å²) in [6, 6.07) is -0.286. The summed E-state index contributed by atoms with van der Waals surface area (Å²) in [6.45, 7) is 5.17. The Hall–Kier alpha value is -1.91. The van der Waals surface area contributed by atoms with Crippen molar-refractivity contribution in [2.24, 2.45) is 0 Å². The molecule has 0 bridgehead atoms. The minimum Gasteiger partial charge on any atom is -0.285 e. The Bertz CT molecular complexity index is 449. The van der Waals surface area contributed by atoms with E-state index < -0.39 is 0 Å². The second-order valence-electron chi connectivity index (χ2n) is 3.94. The maximum Gasteiger partial charge on any atom is 0.257 e. The molecule has 5 nitrogen and oxygen atoms in total. The first kappa shape index (κ1) is 10.6. The molecule has 1 aromatic heterocycles. The molecule has 0 saturated heterocycles. The van der Waals surface area contributed by atoms with E-state index in [2.05, 4.69) is 10.2 Å². The average Bonchev–Trinajstić information content (AvgIpc) is 2.84. The van der Waals surface area contributed by atoms with E-state index in [1.54, 1.807) is 26.2 Å². The maximum atomic E-state index is 11.9. The Kier molecular flexibility index (Phi) is 2.38. The predicted molar refractivity (Wildman–Crippen MR) is 57.2 cm³/mol. The molecule has 1 aliphatic rings. The molecule has 5 heteroatoms. The van der Waals surface area contributed by atoms with Crippen molar-refractivity contribution in [2.45, 2.75) is 26.8 Å². The van der Waals surface area contributed by atoms with Crippen molar-refractivity contribution in [1.29, 1.82) is 0 Å². The molecule has 0 saturated carbocycles. The van der Waals surface area contributed by atoms with Crippen LogP contribution in [0.5, 0.6) is 0 Å². The van der Waals surface area contributed by atoms with Gasteiger partial charge in [0.2, 0.25) is 0 Å². The number of nitrogens with one attached hydrogen (secondary N) is 1. The van der Waals surface area contributed by atoms with Crippen molar-refractivity contribution < 1.29 is 9.59 Å². The van der Waals surface area contributed by atoms with Crippen LogP contribution in [0.15, 0.2) is 23.5 Å². The molecule has 84 valence electrons. The van der Waals surface area contributed by atoms with Crippen molar-refractivity contribution >= 4 is 11.8 Å². The first-order chi connectivity index (χ1) is 7.54. The number of hydrogen-bond acceptors (Lipinski definition) is 3. The number of carbonyl (C=O) groups is 2. The van der Waals surface area contributed by atoms with Crippen molar-refractivity contribution in [3.63, 3.8) is 0 Å². The molecule has 1 N–H and O–H groups in total. The topological polar surface area (TPSA) is 66.1 Å². The highest BCUT2D eigenvalue weighted by Crippen LogP contribution is 2.28. The van der Waals surface area contributed by atoms with Crippen LogP contribution in [0.4, 0.5) is 0 Å². The van der Waals surface area contributed by atoms with E-state index in [9.17, 15) is 9.59 Å². The summed E-state index contributed by atoms with van der Waals surface area (Å²) in [4.78, 5) is 25.0.